The highest BCUT2D eigenvalue weighted by Gasteiger charge is 2.33. The van der Waals surface area contributed by atoms with Crippen LogP contribution in [0, 0.1) is 23.7 Å². The molecule has 1 rings (SSSR count). The molecule has 78 valence electrons. The van der Waals surface area contributed by atoms with Crippen molar-refractivity contribution in [2.75, 3.05) is 0 Å². The molecule has 0 bridgehead atoms. The maximum absolute atomic E-state index is 9.68. The van der Waals surface area contributed by atoms with Crippen molar-refractivity contribution in [1.29, 1.82) is 0 Å². The largest absolute Gasteiger partial charge is 0.393 e. The Kier molecular flexibility index (Phi) is 3.78. The lowest BCUT2D eigenvalue weighted by Crippen LogP contribution is -2.34. The molecular formula is C12H24O. The van der Waals surface area contributed by atoms with E-state index in [4.69, 9.17) is 0 Å². The quantitative estimate of drug-likeness (QED) is 0.699. The predicted octanol–water partition coefficient (Wildman–Crippen LogP) is 3.08. The van der Waals surface area contributed by atoms with Crippen LogP contribution in [0.4, 0.5) is 0 Å². The normalized spacial score (nSPS) is 37.8. The fourth-order valence-corrected chi connectivity index (χ4v) is 2.81. The van der Waals surface area contributed by atoms with Crippen molar-refractivity contribution < 1.29 is 5.11 Å². The zero-order valence-corrected chi connectivity index (χ0v) is 9.46. The zero-order valence-electron chi connectivity index (χ0n) is 9.46. The van der Waals surface area contributed by atoms with E-state index in [-0.39, 0.29) is 6.10 Å². The van der Waals surface area contributed by atoms with E-state index in [0.29, 0.717) is 5.92 Å². The maximum Gasteiger partial charge on any atom is 0.0543 e. The summed E-state index contributed by atoms with van der Waals surface area (Å²) in [4.78, 5) is 0. The smallest absolute Gasteiger partial charge is 0.0543 e. The van der Waals surface area contributed by atoms with Gasteiger partial charge in [0.15, 0.2) is 0 Å². The molecule has 0 amide bonds. The number of hydrogen-bond donors (Lipinski definition) is 1. The Balaban J connectivity index is 2.60. The van der Waals surface area contributed by atoms with E-state index in [1.165, 1.54) is 19.3 Å². The predicted molar refractivity (Wildman–Crippen MR) is 56.5 cm³/mol. The first-order valence-corrected chi connectivity index (χ1v) is 5.70. The molecule has 0 heterocycles. The van der Waals surface area contributed by atoms with E-state index in [1.54, 1.807) is 0 Å². The van der Waals surface area contributed by atoms with Gasteiger partial charge in [-0.05, 0) is 43.4 Å². The standard InChI is InChI=1S/C12H24O/c1-8(2)12-7-9(3)5-6-11(12)10(4)13/h8-13H,5-7H2,1-4H3/t9-,10?,11+,12+/m1/s1. The SMILES string of the molecule is CC(C)[C@@H]1C[C@H](C)CC[C@H]1C(C)O. The Morgan fingerprint density at radius 2 is 1.69 bits per heavy atom. The third-order valence-corrected chi connectivity index (χ3v) is 3.69. The van der Waals surface area contributed by atoms with Crippen LogP contribution >= 0.6 is 0 Å². The second-order valence-electron chi connectivity index (χ2n) is 5.23. The second-order valence-corrected chi connectivity index (χ2v) is 5.23. The van der Waals surface area contributed by atoms with Gasteiger partial charge in [0.2, 0.25) is 0 Å². The van der Waals surface area contributed by atoms with Gasteiger partial charge in [0.05, 0.1) is 6.10 Å². The van der Waals surface area contributed by atoms with Gasteiger partial charge in [-0.1, -0.05) is 27.2 Å². The highest BCUT2D eigenvalue weighted by molar-refractivity contribution is 4.83. The number of aliphatic hydroxyl groups excluding tert-OH is 1. The van der Waals surface area contributed by atoms with Crippen molar-refractivity contribution in [2.24, 2.45) is 23.7 Å². The first-order chi connectivity index (χ1) is 6.02. The van der Waals surface area contributed by atoms with Crippen LogP contribution in [0.2, 0.25) is 0 Å². The molecule has 1 saturated carbocycles. The van der Waals surface area contributed by atoms with E-state index < -0.39 is 0 Å². The summed E-state index contributed by atoms with van der Waals surface area (Å²) in [6, 6.07) is 0. The molecule has 4 atom stereocenters. The maximum atomic E-state index is 9.68. The van der Waals surface area contributed by atoms with E-state index in [1.807, 2.05) is 6.92 Å². The molecule has 1 unspecified atom stereocenters. The Hall–Kier alpha value is -0.0400. The molecule has 1 nitrogen and oxygen atoms in total. The van der Waals surface area contributed by atoms with Crippen LogP contribution in [-0.4, -0.2) is 11.2 Å². The Bertz CT molecular complexity index is 151. The molecule has 13 heavy (non-hydrogen) atoms. The summed E-state index contributed by atoms with van der Waals surface area (Å²) < 4.78 is 0. The van der Waals surface area contributed by atoms with Gasteiger partial charge in [-0.25, -0.2) is 0 Å². The van der Waals surface area contributed by atoms with E-state index >= 15 is 0 Å². The number of aliphatic hydroxyl groups is 1. The molecule has 0 saturated heterocycles. The Labute approximate surface area is 82.5 Å². The molecule has 1 fully saturated rings. The minimum atomic E-state index is -0.111. The van der Waals surface area contributed by atoms with E-state index in [0.717, 1.165) is 17.8 Å². The van der Waals surface area contributed by atoms with Crippen molar-refractivity contribution in [3.05, 3.63) is 0 Å². The lowest BCUT2D eigenvalue weighted by molar-refractivity contribution is 0.0284. The van der Waals surface area contributed by atoms with Crippen molar-refractivity contribution >= 4 is 0 Å². The summed E-state index contributed by atoms with van der Waals surface area (Å²) in [5.74, 6) is 2.88. The summed E-state index contributed by atoms with van der Waals surface area (Å²) in [5.41, 5.74) is 0. The van der Waals surface area contributed by atoms with Gasteiger partial charge < -0.3 is 5.11 Å². The lowest BCUT2D eigenvalue weighted by Gasteiger charge is -2.39. The molecule has 0 aromatic heterocycles. The van der Waals surface area contributed by atoms with Gasteiger partial charge in [0, 0.05) is 0 Å². The highest BCUT2D eigenvalue weighted by atomic mass is 16.3. The highest BCUT2D eigenvalue weighted by Crippen LogP contribution is 2.39. The molecule has 0 aromatic carbocycles. The lowest BCUT2D eigenvalue weighted by atomic mass is 9.68. The van der Waals surface area contributed by atoms with Gasteiger partial charge in [0.25, 0.3) is 0 Å². The molecule has 0 radical (unpaired) electrons. The van der Waals surface area contributed by atoms with Gasteiger partial charge in [-0.2, -0.15) is 0 Å². The topological polar surface area (TPSA) is 20.2 Å². The van der Waals surface area contributed by atoms with E-state index in [9.17, 15) is 5.11 Å². The molecule has 0 aliphatic heterocycles. The van der Waals surface area contributed by atoms with Crippen LogP contribution in [0.3, 0.4) is 0 Å². The third kappa shape index (κ3) is 2.70. The van der Waals surface area contributed by atoms with Crippen LogP contribution < -0.4 is 0 Å². The van der Waals surface area contributed by atoms with Crippen LogP contribution in [0.5, 0.6) is 0 Å². The number of hydrogen-bond acceptors (Lipinski definition) is 1. The van der Waals surface area contributed by atoms with E-state index in [2.05, 4.69) is 20.8 Å². The monoisotopic (exact) mass is 184 g/mol. The van der Waals surface area contributed by atoms with Crippen molar-refractivity contribution in [3.8, 4) is 0 Å². The van der Waals surface area contributed by atoms with Gasteiger partial charge >= 0.3 is 0 Å². The van der Waals surface area contributed by atoms with Crippen LogP contribution in [0.25, 0.3) is 0 Å². The summed E-state index contributed by atoms with van der Waals surface area (Å²) in [7, 11) is 0. The summed E-state index contributed by atoms with van der Waals surface area (Å²) in [6.07, 6.45) is 3.73. The van der Waals surface area contributed by atoms with Gasteiger partial charge in [0.1, 0.15) is 0 Å². The molecule has 1 aliphatic rings. The Morgan fingerprint density at radius 3 is 2.15 bits per heavy atom. The second kappa shape index (κ2) is 4.45. The van der Waals surface area contributed by atoms with Crippen LogP contribution in [0.1, 0.15) is 47.0 Å². The fraction of sp³-hybridized carbons (Fsp3) is 1.00. The molecule has 0 aromatic rings. The molecular weight excluding hydrogens is 160 g/mol. The summed E-state index contributed by atoms with van der Waals surface area (Å²) in [6.45, 7) is 8.87. The molecule has 1 aliphatic carbocycles. The fourth-order valence-electron chi connectivity index (χ4n) is 2.81. The van der Waals surface area contributed by atoms with Crippen LogP contribution in [-0.2, 0) is 0 Å². The third-order valence-electron chi connectivity index (χ3n) is 3.69. The zero-order chi connectivity index (χ0) is 10.0. The first-order valence-electron chi connectivity index (χ1n) is 5.70. The summed E-state index contributed by atoms with van der Waals surface area (Å²) in [5, 5.41) is 9.68. The summed E-state index contributed by atoms with van der Waals surface area (Å²) >= 11 is 0. The van der Waals surface area contributed by atoms with Gasteiger partial charge in [-0.3, -0.25) is 0 Å². The Morgan fingerprint density at radius 1 is 1.08 bits per heavy atom. The minimum Gasteiger partial charge on any atom is -0.393 e. The molecule has 0 spiro atoms. The van der Waals surface area contributed by atoms with Crippen molar-refractivity contribution in [1.82, 2.24) is 0 Å². The minimum absolute atomic E-state index is 0.111. The van der Waals surface area contributed by atoms with Gasteiger partial charge in [-0.15, -0.1) is 0 Å². The van der Waals surface area contributed by atoms with Crippen molar-refractivity contribution in [2.45, 2.75) is 53.1 Å². The average Bonchev–Trinajstić information content (AvgIpc) is 2.03. The first kappa shape index (κ1) is 11.0. The van der Waals surface area contributed by atoms with Crippen molar-refractivity contribution in [3.63, 3.8) is 0 Å². The number of rotatable bonds is 2. The molecule has 1 heteroatoms. The van der Waals surface area contributed by atoms with Crippen LogP contribution in [0.15, 0.2) is 0 Å². The molecule has 1 N–H and O–H groups in total. The average molecular weight is 184 g/mol.